The van der Waals surface area contributed by atoms with E-state index in [-0.39, 0.29) is 11.8 Å². The van der Waals surface area contributed by atoms with Crippen molar-refractivity contribution >= 4 is 28.4 Å². The lowest BCUT2D eigenvalue weighted by Crippen LogP contribution is -2.23. The molecule has 3 N–H and O–H groups in total. The van der Waals surface area contributed by atoms with E-state index in [1.807, 2.05) is 36.4 Å². The van der Waals surface area contributed by atoms with Gasteiger partial charge in [0.2, 0.25) is 0 Å². The summed E-state index contributed by atoms with van der Waals surface area (Å²) in [6.45, 7) is 2.65. The van der Waals surface area contributed by atoms with Gasteiger partial charge in [0.1, 0.15) is 0 Å². The number of aromatic amines is 1. The van der Waals surface area contributed by atoms with Crippen LogP contribution in [0.1, 0.15) is 50.9 Å². The largest absolute Gasteiger partial charge is 0.358 e. The van der Waals surface area contributed by atoms with Crippen LogP contribution in [0.5, 0.6) is 0 Å². The normalized spacial score (nSPS) is 15.1. The Kier molecular flexibility index (Phi) is 5.65. The molecule has 0 saturated carbocycles. The van der Waals surface area contributed by atoms with Crippen LogP contribution in [0.4, 0.5) is 5.69 Å². The summed E-state index contributed by atoms with van der Waals surface area (Å²) in [4.78, 5) is 32.9. The summed E-state index contributed by atoms with van der Waals surface area (Å²) < 4.78 is 0. The number of para-hydroxylation sites is 1. The summed E-state index contributed by atoms with van der Waals surface area (Å²) in [6, 6.07) is 16.8. The zero-order valence-corrected chi connectivity index (χ0v) is 18.5. The second kappa shape index (κ2) is 8.90. The van der Waals surface area contributed by atoms with Crippen molar-refractivity contribution in [3.63, 3.8) is 0 Å². The van der Waals surface area contributed by atoms with Gasteiger partial charge in [-0.2, -0.15) is 0 Å². The minimum Gasteiger partial charge on any atom is -0.358 e. The molecule has 0 spiro atoms. The monoisotopic (exact) mass is 438 g/mol. The molecule has 33 heavy (non-hydrogen) atoms. The van der Waals surface area contributed by atoms with Gasteiger partial charge in [-0.1, -0.05) is 31.2 Å². The van der Waals surface area contributed by atoms with Gasteiger partial charge in [-0.05, 0) is 66.6 Å². The number of benzene rings is 2. The molecular weight excluding hydrogens is 412 g/mol. The van der Waals surface area contributed by atoms with Crippen molar-refractivity contribution < 1.29 is 9.59 Å². The number of aryl methyl sites for hydroxylation is 1. The number of H-pyrrole nitrogens is 1. The molecule has 2 amide bonds. The third-order valence-electron chi connectivity index (χ3n) is 6.28. The van der Waals surface area contributed by atoms with Crippen LogP contribution in [0, 0.1) is 5.92 Å². The lowest BCUT2D eigenvalue weighted by molar-refractivity contribution is 0.0951. The number of nitrogens with one attached hydrogen (secondary N) is 3. The lowest BCUT2D eigenvalue weighted by Gasteiger charge is -2.17. The highest BCUT2D eigenvalue weighted by atomic mass is 16.2. The van der Waals surface area contributed by atoms with Crippen LogP contribution in [0.15, 0.2) is 67.0 Å². The van der Waals surface area contributed by atoms with Crippen LogP contribution in [0.25, 0.3) is 10.9 Å². The predicted molar refractivity (Wildman–Crippen MR) is 129 cm³/mol. The zero-order valence-electron chi connectivity index (χ0n) is 18.5. The van der Waals surface area contributed by atoms with Gasteiger partial charge >= 0.3 is 0 Å². The Balaban J connectivity index is 1.29. The molecule has 0 fully saturated rings. The molecule has 0 radical (unpaired) electrons. The van der Waals surface area contributed by atoms with E-state index in [1.54, 1.807) is 18.3 Å². The number of hydrogen-bond acceptors (Lipinski definition) is 3. The van der Waals surface area contributed by atoms with E-state index < -0.39 is 0 Å². The molecule has 6 nitrogen and oxygen atoms in total. The van der Waals surface area contributed by atoms with Crippen molar-refractivity contribution in [2.45, 2.75) is 32.7 Å². The standard InChI is InChI=1S/C27H26N4O2/c1-17-10-11-24-23(13-17)21-8-3-9-22(25(21)31-24)27(33)29-15-18-5-2-7-20(14-18)30-26(32)19-6-4-12-28-16-19/h2-9,12,14,16-17,31H,10-11,13,15H2,1H3,(H,29,33)(H,30,32). The van der Waals surface area contributed by atoms with Crippen LogP contribution in [-0.4, -0.2) is 21.8 Å². The first-order chi connectivity index (χ1) is 16.1. The van der Waals surface area contributed by atoms with Gasteiger partial charge in [0, 0.05) is 35.7 Å². The number of hydrogen-bond donors (Lipinski definition) is 3. The molecular formula is C27H26N4O2. The fraction of sp³-hybridized carbons (Fsp3) is 0.222. The first kappa shape index (κ1) is 20.9. The topological polar surface area (TPSA) is 86.9 Å². The molecule has 2 aromatic carbocycles. The number of pyridine rings is 1. The fourth-order valence-corrected chi connectivity index (χ4v) is 4.54. The van der Waals surface area contributed by atoms with Crippen LogP contribution in [0.3, 0.4) is 0 Å². The minimum atomic E-state index is -0.221. The van der Waals surface area contributed by atoms with E-state index in [0.29, 0.717) is 29.3 Å². The van der Waals surface area contributed by atoms with Crippen molar-refractivity contribution in [1.82, 2.24) is 15.3 Å². The summed E-state index contributed by atoms with van der Waals surface area (Å²) in [5.41, 5.74) is 6.27. The maximum atomic E-state index is 13.0. The Hall–Kier alpha value is -3.93. The van der Waals surface area contributed by atoms with Crippen molar-refractivity contribution in [2.24, 2.45) is 5.92 Å². The van der Waals surface area contributed by atoms with Gasteiger partial charge in [0.15, 0.2) is 0 Å². The van der Waals surface area contributed by atoms with Crippen LogP contribution < -0.4 is 10.6 Å². The Bertz CT molecular complexity index is 1330. The molecule has 1 atom stereocenters. The number of anilines is 1. The molecule has 0 aliphatic heterocycles. The minimum absolute atomic E-state index is 0.114. The number of rotatable bonds is 5. The van der Waals surface area contributed by atoms with Crippen LogP contribution in [0.2, 0.25) is 0 Å². The third-order valence-corrected chi connectivity index (χ3v) is 6.28. The number of fused-ring (bicyclic) bond motifs is 3. The maximum absolute atomic E-state index is 13.0. The molecule has 2 aromatic heterocycles. The predicted octanol–water partition coefficient (Wildman–Crippen LogP) is 4.87. The Morgan fingerprint density at radius 3 is 2.82 bits per heavy atom. The van der Waals surface area contributed by atoms with Crippen molar-refractivity contribution in [3.05, 3.63) is 94.9 Å². The number of carbonyl (C=O) groups is 2. The molecule has 1 unspecified atom stereocenters. The third kappa shape index (κ3) is 4.37. The molecule has 1 aliphatic carbocycles. The van der Waals surface area contributed by atoms with Gasteiger partial charge in [-0.25, -0.2) is 0 Å². The number of nitrogens with zero attached hydrogens (tertiary/aromatic N) is 1. The second-order valence-electron chi connectivity index (χ2n) is 8.74. The zero-order chi connectivity index (χ0) is 22.8. The van der Waals surface area contributed by atoms with Crippen molar-refractivity contribution in [3.8, 4) is 0 Å². The molecule has 6 heteroatoms. The van der Waals surface area contributed by atoms with E-state index in [9.17, 15) is 9.59 Å². The summed E-state index contributed by atoms with van der Waals surface area (Å²) in [6.07, 6.45) is 6.42. The maximum Gasteiger partial charge on any atom is 0.257 e. The number of amides is 2. The van der Waals surface area contributed by atoms with E-state index >= 15 is 0 Å². The van der Waals surface area contributed by atoms with Gasteiger partial charge in [-0.15, -0.1) is 0 Å². The van der Waals surface area contributed by atoms with Gasteiger partial charge < -0.3 is 15.6 Å². The Morgan fingerprint density at radius 1 is 1.09 bits per heavy atom. The Morgan fingerprint density at radius 2 is 1.97 bits per heavy atom. The molecule has 166 valence electrons. The summed E-state index contributed by atoms with van der Waals surface area (Å²) in [5, 5.41) is 7.06. The van der Waals surface area contributed by atoms with E-state index in [0.717, 1.165) is 29.3 Å². The van der Waals surface area contributed by atoms with Gasteiger partial charge in [0.25, 0.3) is 11.8 Å². The van der Waals surface area contributed by atoms with E-state index in [4.69, 9.17) is 0 Å². The lowest BCUT2D eigenvalue weighted by atomic mass is 9.87. The van der Waals surface area contributed by atoms with Gasteiger partial charge in [0.05, 0.1) is 16.6 Å². The highest BCUT2D eigenvalue weighted by molar-refractivity contribution is 6.07. The number of aromatic nitrogens is 2. The average molecular weight is 439 g/mol. The molecule has 0 bridgehead atoms. The molecule has 5 rings (SSSR count). The molecule has 1 aliphatic rings. The average Bonchev–Trinajstić information content (AvgIpc) is 3.21. The first-order valence-electron chi connectivity index (χ1n) is 11.3. The van der Waals surface area contributed by atoms with Crippen molar-refractivity contribution in [2.75, 3.05) is 5.32 Å². The summed E-state index contributed by atoms with van der Waals surface area (Å²) in [7, 11) is 0. The second-order valence-corrected chi connectivity index (χ2v) is 8.74. The summed E-state index contributed by atoms with van der Waals surface area (Å²) >= 11 is 0. The van der Waals surface area contributed by atoms with Crippen molar-refractivity contribution in [1.29, 1.82) is 0 Å². The van der Waals surface area contributed by atoms with E-state index in [1.165, 1.54) is 23.9 Å². The van der Waals surface area contributed by atoms with Crippen LogP contribution >= 0.6 is 0 Å². The smallest absolute Gasteiger partial charge is 0.257 e. The SMILES string of the molecule is CC1CCc2[nH]c3c(C(=O)NCc4cccc(NC(=O)c5cccnc5)c4)cccc3c2C1. The quantitative estimate of drug-likeness (QED) is 0.415. The molecule has 0 saturated heterocycles. The highest BCUT2D eigenvalue weighted by Gasteiger charge is 2.22. The van der Waals surface area contributed by atoms with Gasteiger partial charge in [-0.3, -0.25) is 14.6 Å². The first-order valence-corrected chi connectivity index (χ1v) is 11.3. The molecule has 2 heterocycles. The summed E-state index contributed by atoms with van der Waals surface area (Å²) in [5.74, 6) is 0.331. The highest BCUT2D eigenvalue weighted by Crippen LogP contribution is 2.33. The number of carbonyl (C=O) groups excluding carboxylic acids is 2. The van der Waals surface area contributed by atoms with Crippen LogP contribution in [-0.2, 0) is 19.4 Å². The molecule has 4 aromatic rings. The fourth-order valence-electron chi connectivity index (χ4n) is 4.54. The van der Waals surface area contributed by atoms with E-state index in [2.05, 4.69) is 33.6 Å². The Labute approximate surface area is 192 Å².